The topological polar surface area (TPSA) is 82.5 Å². The third-order valence-corrected chi connectivity index (χ3v) is 5.67. The van der Waals surface area contributed by atoms with Gasteiger partial charge in [-0.1, -0.05) is 18.5 Å². The van der Waals surface area contributed by atoms with Crippen LogP contribution in [0.4, 0.5) is 18.9 Å². The van der Waals surface area contributed by atoms with E-state index in [-0.39, 0.29) is 42.3 Å². The minimum absolute atomic E-state index is 0.0661. The SMILES string of the molecule is CCC1(O)CCN(C(=O)C(F)(F)c2cc(C(=O)Nc3ccnc(Cl)c3)ccc2F)CC1. The van der Waals surface area contributed by atoms with Gasteiger partial charge in [0.05, 0.1) is 11.2 Å². The van der Waals surface area contributed by atoms with Crippen molar-refractivity contribution in [2.75, 3.05) is 18.4 Å². The summed E-state index contributed by atoms with van der Waals surface area (Å²) in [5.74, 6) is -7.83. The molecule has 1 fully saturated rings. The number of carbonyl (C=O) groups is 2. The monoisotopic (exact) mass is 455 g/mol. The zero-order valence-corrected chi connectivity index (χ0v) is 17.4. The molecule has 0 atom stereocenters. The standard InChI is InChI=1S/C21H21ClF3N3O3/c1-2-20(31)6-9-28(10-7-20)19(30)21(24,25)15-11-13(3-4-16(15)23)18(29)27-14-5-8-26-17(22)12-14/h3-5,8,11-12,31H,2,6-7,9-10H2,1H3,(H,26,27,29). The highest BCUT2D eigenvalue weighted by Gasteiger charge is 2.47. The summed E-state index contributed by atoms with van der Waals surface area (Å²) < 4.78 is 44.1. The van der Waals surface area contributed by atoms with Crippen LogP contribution in [0.3, 0.4) is 0 Å². The number of anilines is 1. The highest BCUT2D eigenvalue weighted by Crippen LogP contribution is 2.35. The first kappa shape index (κ1) is 23.0. The van der Waals surface area contributed by atoms with Gasteiger partial charge in [-0.05, 0) is 49.6 Å². The molecule has 2 amide bonds. The number of pyridine rings is 1. The molecule has 0 aliphatic carbocycles. The average Bonchev–Trinajstić information content (AvgIpc) is 2.74. The van der Waals surface area contributed by atoms with Crippen molar-refractivity contribution in [3.05, 3.63) is 58.6 Å². The van der Waals surface area contributed by atoms with Crippen LogP contribution in [-0.4, -0.2) is 45.5 Å². The maximum atomic E-state index is 14.9. The summed E-state index contributed by atoms with van der Waals surface area (Å²) in [6.45, 7) is 1.64. The number of aromatic nitrogens is 1. The van der Waals surface area contributed by atoms with Gasteiger partial charge in [0.15, 0.2) is 0 Å². The molecule has 0 radical (unpaired) electrons. The zero-order chi connectivity index (χ0) is 22.8. The van der Waals surface area contributed by atoms with E-state index in [0.717, 1.165) is 17.0 Å². The van der Waals surface area contributed by atoms with Gasteiger partial charge in [0.25, 0.3) is 11.8 Å². The lowest BCUT2D eigenvalue weighted by atomic mass is 9.88. The Bertz CT molecular complexity index is 995. The third kappa shape index (κ3) is 4.99. The van der Waals surface area contributed by atoms with E-state index in [1.54, 1.807) is 6.92 Å². The maximum absolute atomic E-state index is 14.9. The van der Waals surface area contributed by atoms with Crippen molar-refractivity contribution >= 4 is 29.1 Å². The van der Waals surface area contributed by atoms with Crippen molar-refractivity contribution in [1.82, 2.24) is 9.88 Å². The molecule has 166 valence electrons. The molecule has 2 N–H and O–H groups in total. The van der Waals surface area contributed by atoms with E-state index in [0.29, 0.717) is 12.5 Å². The molecule has 31 heavy (non-hydrogen) atoms. The summed E-state index contributed by atoms with van der Waals surface area (Å²) in [5.41, 5.74) is -2.16. The van der Waals surface area contributed by atoms with E-state index < -0.39 is 34.7 Å². The van der Waals surface area contributed by atoms with Gasteiger partial charge < -0.3 is 15.3 Å². The number of halogens is 4. The number of rotatable bonds is 5. The summed E-state index contributed by atoms with van der Waals surface area (Å²) in [4.78, 5) is 29.6. The van der Waals surface area contributed by atoms with Gasteiger partial charge >= 0.3 is 5.92 Å². The molecule has 0 unspecified atom stereocenters. The van der Waals surface area contributed by atoms with Crippen molar-refractivity contribution < 1.29 is 27.9 Å². The third-order valence-electron chi connectivity index (χ3n) is 5.46. The minimum Gasteiger partial charge on any atom is -0.390 e. The van der Waals surface area contributed by atoms with E-state index in [9.17, 15) is 27.9 Å². The number of benzene rings is 1. The number of aliphatic hydroxyl groups is 1. The van der Waals surface area contributed by atoms with Crippen molar-refractivity contribution in [2.24, 2.45) is 0 Å². The summed E-state index contributed by atoms with van der Waals surface area (Å²) in [6, 6.07) is 5.23. The Kier molecular flexibility index (Phi) is 6.56. The molecule has 6 nitrogen and oxygen atoms in total. The number of carbonyl (C=O) groups excluding carboxylic acids is 2. The zero-order valence-electron chi connectivity index (χ0n) is 16.7. The van der Waals surface area contributed by atoms with Crippen molar-refractivity contribution in [3.63, 3.8) is 0 Å². The minimum atomic E-state index is -4.18. The molecular formula is C21H21ClF3N3O3. The molecule has 0 spiro atoms. The van der Waals surface area contributed by atoms with Crippen LogP contribution in [0.25, 0.3) is 0 Å². The lowest BCUT2D eigenvalue weighted by Gasteiger charge is -2.38. The molecular weight excluding hydrogens is 435 g/mol. The molecule has 10 heteroatoms. The van der Waals surface area contributed by atoms with Crippen LogP contribution in [0.5, 0.6) is 0 Å². The van der Waals surface area contributed by atoms with Crippen LogP contribution < -0.4 is 5.32 Å². The average molecular weight is 456 g/mol. The summed E-state index contributed by atoms with van der Waals surface area (Å²) >= 11 is 5.75. The van der Waals surface area contributed by atoms with E-state index in [1.807, 2.05) is 0 Å². The number of hydrogen-bond acceptors (Lipinski definition) is 4. The first-order valence-corrected chi connectivity index (χ1v) is 10.1. The van der Waals surface area contributed by atoms with Gasteiger partial charge in [-0.3, -0.25) is 9.59 Å². The Labute approximate surface area is 182 Å². The van der Waals surface area contributed by atoms with Gasteiger partial charge in [0.2, 0.25) is 0 Å². The molecule has 1 aromatic heterocycles. The van der Waals surface area contributed by atoms with Crippen LogP contribution in [0.1, 0.15) is 42.1 Å². The fourth-order valence-corrected chi connectivity index (χ4v) is 3.56. The summed E-state index contributed by atoms with van der Waals surface area (Å²) in [5, 5.41) is 12.8. The summed E-state index contributed by atoms with van der Waals surface area (Å²) in [6.07, 6.45) is 2.11. The van der Waals surface area contributed by atoms with Gasteiger partial charge in [-0.15, -0.1) is 0 Å². The molecule has 1 aliphatic heterocycles. The molecule has 2 aromatic rings. The second-order valence-corrected chi connectivity index (χ2v) is 7.85. The molecule has 1 aliphatic rings. The predicted octanol–water partition coefficient (Wildman–Crippen LogP) is 3.98. The molecule has 1 saturated heterocycles. The van der Waals surface area contributed by atoms with E-state index >= 15 is 0 Å². The van der Waals surface area contributed by atoms with Crippen LogP contribution in [0, 0.1) is 5.82 Å². The maximum Gasteiger partial charge on any atom is 0.352 e. The van der Waals surface area contributed by atoms with E-state index in [1.165, 1.54) is 18.3 Å². The summed E-state index contributed by atoms with van der Waals surface area (Å²) in [7, 11) is 0. The first-order chi connectivity index (χ1) is 14.6. The van der Waals surface area contributed by atoms with E-state index in [2.05, 4.69) is 10.3 Å². The molecule has 1 aromatic carbocycles. The predicted molar refractivity (Wildman–Crippen MR) is 109 cm³/mol. The highest BCUT2D eigenvalue weighted by atomic mass is 35.5. The highest BCUT2D eigenvalue weighted by molar-refractivity contribution is 6.29. The fourth-order valence-electron chi connectivity index (χ4n) is 3.38. The van der Waals surface area contributed by atoms with E-state index in [4.69, 9.17) is 11.6 Å². The Morgan fingerprint density at radius 1 is 1.26 bits per heavy atom. The molecule has 0 bridgehead atoms. The Morgan fingerprint density at radius 3 is 2.55 bits per heavy atom. The second kappa shape index (κ2) is 8.84. The van der Waals surface area contributed by atoms with Crippen molar-refractivity contribution in [3.8, 4) is 0 Å². The number of alkyl halides is 2. The van der Waals surface area contributed by atoms with Crippen LogP contribution in [-0.2, 0) is 10.7 Å². The fraction of sp³-hybridized carbons (Fsp3) is 0.381. The quantitative estimate of drug-likeness (QED) is 0.668. The lowest BCUT2D eigenvalue weighted by molar-refractivity contribution is -0.163. The Balaban J connectivity index is 1.81. The number of hydrogen-bond donors (Lipinski definition) is 2. The first-order valence-electron chi connectivity index (χ1n) is 9.68. The largest absolute Gasteiger partial charge is 0.390 e. The molecule has 2 heterocycles. The van der Waals surface area contributed by atoms with Crippen LogP contribution in [0.15, 0.2) is 36.5 Å². The second-order valence-electron chi connectivity index (χ2n) is 7.46. The van der Waals surface area contributed by atoms with Crippen molar-refractivity contribution in [2.45, 2.75) is 37.7 Å². The van der Waals surface area contributed by atoms with Crippen LogP contribution >= 0.6 is 11.6 Å². The lowest BCUT2D eigenvalue weighted by Crippen LogP contribution is -2.50. The van der Waals surface area contributed by atoms with Gasteiger partial charge in [-0.25, -0.2) is 9.37 Å². The van der Waals surface area contributed by atoms with Gasteiger partial charge in [0, 0.05) is 30.5 Å². The Morgan fingerprint density at radius 2 is 1.94 bits per heavy atom. The number of nitrogens with one attached hydrogen (secondary N) is 1. The van der Waals surface area contributed by atoms with Crippen molar-refractivity contribution in [1.29, 1.82) is 0 Å². The number of piperidine rings is 1. The molecule has 3 rings (SSSR count). The Hall–Kier alpha value is -2.65. The van der Waals surface area contributed by atoms with Gasteiger partial charge in [-0.2, -0.15) is 8.78 Å². The number of nitrogens with zero attached hydrogens (tertiary/aromatic N) is 2. The number of amides is 2. The number of likely N-dealkylation sites (tertiary alicyclic amines) is 1. The normalized spacial score (nSPS) is 16.1. The van der Waals surface area contributed by atoms with Gasteiger partial charge in [0.1, 0.15) is 11.0 Å². The smallest absolute Gasteiger partial charge is 0.352 e. The van der Waals surface area contributed by atoms with Crippen LogP contribution in [0.2, 0.25) is 5.15 Å². The molecule has 0 saturated carbocycles.